The molecule has 3 nitrogen and oxygen atoms in total. The molecular formula is C19H26O3S. The molecule has 0 spiro atoms. The molecule has 0 aromatic heterocycles. The summed E-state index contributed by atoms with van der Waals surface area (Å²) in [6.07, 6.45) is 6.58. The quantitative estimate of drug-likeness (QED) is 0.817. The molecule has 0 saturated heterocycles. The van der Waals surface area contributed by atoms with Crippen molar-refractivity contribution in [3.05, 3.63) is 30.3 Å². The van der Waals surface area contributed by atoms with Crippen molar-refractivity contribution in [2.45, 2.75) is 56.8 Å². The van der Waals surface area contributed by atoms with Gasteiger partial charge in [0.2, 0.25) is 0 Å². The van der Waals surface area contributed by atoms with Crippen molar-refractivity contribution in [2.24, 2.45) is 17.3 Å². The number of rotatable bonds is 5. The van der Waals surface area contributed by atoms with Crippen LogP contribution in [0.3, 0.4) is 0 Å². The lowest BCUT2D eigenvalue weighted by atomic mass is 9.64. The summed E-state index contributed by atoms with van der Waals surface area (Å²) in [6.45, 7) is 2.26. The van der Waals surface area contributed by atoms with Gasteiger partial charge in [-0.2, -0.15) is 0 Å². The molecule has 1 aromatic carbocycles. The molecule has 23 heavy (non-hydrogen) atoms. The Morgan fingerprint density at radius 1 is 1.17 bits per heavy atom. The van der Waals surface area contributed by atoms with Gasteiger partial charge in [-0.25, -0.2) is 8.42 Å². The predicted molar refractivity (Wildman–Crippen MR) is 90.9 cm³/mol. The number of hydrogen-bond donors (Lipinski definition) is 0. The molecule has 2 saturated carbocycles. The van der Waals surface area contributed by atoms with Gasteiger partial charge in [-0.05, 0) is 62.0 Å². The minimum atomic E-state index is -3.18. The van der Waals surface area contributed by atoms with Gasteiger partial charge in [-0.3, -0.25) is 4.79 Å². The third-order valence-corrected chi connectivity index (χ3v) is 7.94. The molecule has 2 aliphatic carbocycles. The highest BCUT2D eigenvalue weighted by Gasteiger charge is 2.50. The monoisotopic (exact) mass is 334 g/mol. The van der Waals surface area contributed by atoms with Gasteiger partial charge < -0.3 is 0 Å². The van der Waals surface area contributed by atoms with E-state index in [4.69, 9.17) is 0 Å². The SMILES string of the molecule is C[C@]12CCCC(=O)[C@@H]1CCC2CCCS(=O)(=O)c1ccccc1. The predicted octanol–water partition coefficient (Wildman–Crippen LogP) is 4.03. The van der Waals surface area contributed by atoms with E-state index in [1.54, 1.807) is 24.3 Å². The molecule has 3 atom stereocenters. The highest BCUT2D eigenvalue weighted by Crippen LogP contribution is 2.55. The first-order valence-corrected chi connectivity index (χ1v) is 10.4. The summed E-state index contributed by atoms with van der Waals surface area (Å²) in [4.78, 5) is 12.6. The molecule has 0 radical (unpaired) electrons. The van der Waals surface area contributed by atoms with Crippen LogP contribution in [0.4, 0.5) is 0 Å². The number of benzene rings is 1. The van der Waals surface area contributed by atoms with E-state index < -0.39 is 9.84 Å². The maximum Gasteiger partial charge on any atom is 0.178 e. The fraction of sp³-hybridized carbons (Fsp3) is 0.632. The average molecular weight is 334 g/mol. The summed E-state index contributed by atoms with van der Waals surface area (Å²) in [5.74, 6) is 1.38. The molecule has 2 aliphatic rings. The van der Waals surface area contributed by atoms with Crippen molar-refractivity contribution in [3.63, 3.8) is 0 Å². The zero-order valence-corrected chi connectivity index (χ0v) is 14.6. The Hall–Kier alpha value is -1.16. The summed E-state index contributed by atoms with van der Waals surface area (Å²) < 4.78 is 24.7. The number of sulfone groups is 1. The summed E-state index contributed by atoms with van der Waals surface area (Å²) in [7, 11) is -3.18. The number of hydrogen-bond acceptors (Lipinski definition) is 3. The third kappa shape index (κ3) is 3.23. The van der Waals surface area contributed by atoms with Gasteiger partial charge in [0.25, 0.3) is 0 Å². The first-order chi connectivity index (χ1) is 10.9. The second-order valence-corrected chi connectivity index (χ2v) is 9.54. The number of carbonyl (C=O) groups excluding carboxylic acids is 1. The fourth-order valence-corrected chi connectivity index (χ4v) is 6.13. The van der Waals surface area contributed by atoms with Crippen molar-refractivity contribution < 1.29 is 13.2 Å². The van der Waals surface area contributed by atoms with E-state index in [9.17, 15) is 13.2 Å². The van der Waals surface area contributed by atoms with Crippen LogP contribution in [0.2, 0.25) is 0 Å². The van der Waals surface area contributed by atoms with Crippen molar-refractivity contribution >= 4 is 15.6 Å². The van der Waals surface area contributed by atoms with E-state index in [0.29, 0.717) is 23.0 Å². The molecule has 0 N–H and O–H groups in total. The molecule has 0 bridgehead atoms. The molecule has 0 aliphatic heterocycles. The Balaban J connectivity index is 1.60. The van der Waals surface area contributed by atoms with Crippen molar-refractivity contribution in [2.75, 3.05) is 5.75 Å². The summed E-state index contributed by atoms with van der Waals surface area (Å²) >= 11 is 0. The Labute approximate surface area is 139 Å². The Bertz CT molecular complexity index is 665. The lowest BCUT2D eigenvalue weighted by Crippen LogP contribution is -2.37. The lowest BCUT2D eigenvalue weighted by molar-refractivity contribution is -0.129. The minimum absolute atomic E-state index is 0.117. The van der Waals surface area contributed by atoms with Gasteiger partial charge >= 0.3 is 0 Å². The molecule has 4 heteroatoms. The van der Waals surface area contributed by atoms with Crippen LogP contribution in [0.1, 0.15) is 51.9 Å². The van der Waals surface area contributed by atoms with Crippen LogP contribution in [0.5, 0.6) is 0 Å². The Morgan fingerprint density at radius 3 is 2.65 bits per heavy atom. The Kier molecular flexibility index (Phi) is 4.63. The first kappa shape index (κ1) is 16.7. The number of ketones is 1. The molecule has 3 rings (SSSR count). The van der Waals surface area contributed by atoms with E-state index in [1.807, 2.05) is 6.07 Å². The highest BCUT2D eigenvalue weighted by atomic mass is 32.2. The molecular weight excluding hydrogens is 308 g/mol. The first-order valence-electron chi connectivity index (χ1n) is 8.74. The van der Waals surface area contributed by atoms with E-state index >= 15 is 0 Å². The van der Waals surface area contributed by atoms with E-state index in [-0.39, 0.29) is 17.1 Å². The maximum absolute atomic E-state index is 12.4. The lowest BCUT2D eigenvalue weighted by Gasteiger charge is -2.40. The van der Waals surface area contributed by atoms with Crippen LogP contribution in [0.25, 0.3) is 0 Å². The molecule has 2 fully saturated rings. The van der Waals surface area contributed by atoms with Gasteiger partial charge in [0.1, 0.15) is 5.78 Å². The maximum atomic E-state index is 12.4. The summed E-state index contributed by atoms with van der Waals surface area (Å²) in [5, 5.41) is 0. The van der Waals surface area contributed by atoms with Crippen molar-refractivity contribution in [3.8, 4) is 0 Å². The highest BCUT2D eigenvalue weighted by molar-refractivity contribution is 7.91. The minimum Gasteiger partial charge on any atom is -0.299 e. The molecule has 1 aromatic rings. The smallest absolute Gasteiger partial charge is 0.178 e. The largest absolute Gasteiger partial charge is 0.299 e. The van der Waals surface area contributed by atoms with Crippen LogP contribution in [0.15, 0.2) is 35.2 Å². The van der Waals surface area contributed by atoms with Crippen molar-refractivity contribution in [1.82, 2.24) is 0 Å². The summed E-state index contributed by atoms with van der Waals surface area (Å²) in [6, 6.07) is 8.70. The number of carbonyl (C=O) groups is 1. The fourth-order valence-electron chi connectivity index (χ4n) is 4.78. The summed E-state index contributed by atoms with van der Waals surface area (Å²) in [5.41, 5.74) is 0.117. The average Bonchev–Trinajstić information content (AvgIpc) is 2.86. The third-order valence-electron chi connectivity index (χ3n) is 6.13. The zero-order chi connectivity index (χ0) is 16.5. The van der Waals surface area contributed by atoms with E-state index in [0.717, 1.165) is 38.5 Å². The number of fused-ring (bicyclic) bond motifs is 1. The van der Waals surface area contributed by atoms with Crippen LogP contribution in [0, 0.1) is 17.3 Å². The second-order valence-electron chi connectivity index (χ2n) is 7.43. The second kappa shape index (κ2) is 6.39. The van der Waals surface area contributed by atoms with Crippen LogP contribution < -0.4 is 0 Å². The van der Waals surface area contributed by atoms with Crippen LogP contribution in [-0.4, -0.2) is 20.0 Å². The van der Waals surface area contributed by atoms with Gasteiger partial charge in [0.15, 0.2) is 9.84 Å². The van der Waals surface area contributed by atoms with Gasteiger partial charge in [0, 0.05) is 12.3 Å². The van der Waals surface area contributed by atoms with Crippen LogP contribution in [-0.2, 0) is 14.6 Å². The Morgan fingerprint density at radius 2 is 1.91 bits per heavy atom. The van der Waals surface area contributed by atoms with Crippen LogP contribution >= 0.6 is 0 Å². The normalized spacial score (nSPS) is 31.1. The van der Waals surface area contributed by atoms with Gasteiger partial charge in [0.05, 0.1) is 10.6 Å². The van der Waals surface area contributed by atoms with Gasteiger partial charge in [-0.15, -0.1) is 0 Å². The zero-order valence-electron chi connectivity index (χ0n) is 13.8. The van der Waals surface area contributed by atoms with Crippen molar-refractivity contribution in [1.29, 1.82) is 0 Å². The standard InChI is InChI=1S/C19H26O3S/c1-19-13-5-10-18(20)17(19)12-11-15(19)7-6-14-23(21,22)16-8-3-2-4-9-16/h2-4,8-9,15,17H,5-7,10-14H2,1H3/t15?,17-,19+/m0/s1. The van der Waals surface area contributed by atoms with E-state index in [1.165, 1.54) is 0 Å². The van der Waals surface area contributed by atoms with Gasteiger partial charge in [-0.1, -0.05) is 25.1 Å². The molecule has 0 amide bonds. The topological polar surface area (TPSA) is 51.2 Å². The molecule has 1 unspecified atom stereocenters. The molecule has 126 valence electrons. The van der Waals surface area contributed by atoms with E-state index in [2.05, 4.69) is 6.92 Å². The molecule has 0 heterocycles. The number of Topliss-reactive ketones (excluding diaryl/α,β-unsaturated/α-hetero) is 1.